The Morgan fingerprint density at radius 3 is 2.71 bits per heavy atom. The Kier molecular flexibility index (Phi) is 3.19. The number of nitro groups is 1. The molecule has 76 valence electrons. The molecule has 0 heterocycles. The van der Waals surface area contributed by atoms with Gasteiger partial charge in [0.1, 0.15) is 0 Å². The molecule has 0 amide bonds. The molecule has 4 nitrogen and oxygen atoms in total. The zero-order valence-electron chi connectivity index (χ0n) is 8.23. The summed E-state index contributed by atoms with van der Waals surface area (Å²) in [7, 11) is 0. The lowest BCUT2D eigenvalue weighted by atomic mass is 9.97. The van der Waals surface area contributed by atoms with Crippen molar-refractivity contribution in [3.63, 3.8) is 0 Å². The number of non-ortho nitro benzene ring substituents is 1. The standard InChI is InChI=1S/C10H13NO3/c1-7-3-4-9(11(13)14)5-10(7)8(2)6-12/h3-5,8,12H,6H2,1-2H3. The van der Waals surface area contributed by atoms with E-state index in [4.69, 9.17) is 5.11 Å². The highest BCUT2D eigenvalue weighted by molar-refractivity contribution is 5.40. The van der Waals surface area contributed by atoms with Gasteiger partial charge in [0.25, 0.3) is 5.69 Å². The molecule has 0 fully saturated rings. The molecule has 1 atom stereocenters. The topological polar surface area (TPSA) is 63.4 Å². The van der Waals surface area contributed by atoms with Crippen molar-refractivity contribution in [2.45, 2.75) is 19.8 Å². The molecular formula is C10H13NO3. The Bertz CT molecular complexity index is 349. The lowest BCUT2D eigenvalue weighted by Crippen LogP contribution is -2.02. The first-order valence-electron chi connectivity index (χ1n) is 4.42. The number of aryl methyl sites for hydroxylation is 1. The van der Waals surface area contributed by atoms with Crippen LogP contribution in [0.2, 0.25) is 0 Å². The molecule has 0 aliphatic heterocycles. The number of aliphatic hydroxyl groups excluding tert-OH is 1. The van der Waals surface area contributed by atoms with Crippen LogP contribution in [-0.2, 0) is 0 Å². The summed E-state index contributed by atoms with van der Waals surface area (Å²) >= 11 is 0. The summed E-state index contributed by atoms with van der Waals surface area (Å²) in [6.07, 6.45) is 0. The van der Waals surface area contributed by atoms with Crippen molar-refractivity contribution in [3.05, 3.63) is 39.4 Å². The molecule has 1 unspecified atom stereocenters. The van der Waals surface area contributed by atoms with Crippen LogP contribution in [0.15, 0.2) is 18.2 Å². The maximum atomic E-state index is 10.5. The summed E-state index contributed by atoms with van der Waals surface area (Å²) in [5.41, 5.74) is 1.88. The number of hydrogen-bond donors (Lipinski definition) is 1. The number of hydrogen-bond acceptors (Lipinski definition) is 3. The van der Waals surface area contributed by atoms with Gasteiger partial charge in [-0.05, 0) is 18.1 Å². The number of nitrogens with zero attached hydrogens (tertiary/aromatic N) is 1. The van der Waals surface area contributed by atoms with Crippen LogP contribution in [0.4, 0.5) is 5.69 Å². The van der Waals surface area contributed by atoms with Crippen LogP contribution < -0.4 is 0 Å². The molecule has 1 rings (SSSR count). The van der Waals surface area contributed by atoms with Crippen LogP contribution in [0.5, 0.6) is 0 Å². The summed E-state index contributed by atoms with van der Waals surface area (Å²) in [5, 5.41) is 19.5. The number of nitro benzene ring substituents is 1. The molecule has 0 aliphatic carbocycles. The summed E-state index contributed by atoms with van der Waals surface area (Å²) in [4.78, 5) is 10.1. The van der Waals surface area contributed by atoms with E-state index < -0.39 is 4.92 Å². The second-order valence-corrected chi connectivity index (χ2v) is 3.38. The lowest BCUT2D eigenvalue weighted by Gasteiger charge is -2.10. The quantitative estimate of drug-likeness (QED) is 0.592. The Hall–Kier alpha value is -1.42. The van der Waals surface area contributed by atoms with Crippen molar-refractivity contribution >= 4 is 5.69 Å². The molecule has 0 aromatic heterocycles. The van der Waals surface area contributed by atoms with E-state index in [9.17, 15) is 10.1 Å². The smallest absolute Gasteiger partial charge is 0.269 e. The molecular weight excluding hydrogens is 182 g/mol. The Morgan fingerprint density at radius 2 is 2.21 bits per heavy atom. The van der Waals surface area contributed by atoms with Gasteiger partial charge >= 0.3 is 0 Å². The van der Waals surface area contributed by atoms with Crippen LogP contribution in [-0.4, -0.2) is 16.6 Å². The molecule has 1 aromatic rings. The van der Waals surface area contributed by atoms with E-state index in [1.807, 2.05) is 13.8 Å². The predicted octanol–water partition coefficient (Wildman–Crippen LogP) is 2.00. The number of benzene rings is 1. The largest absolute Gasteiger partial charge is 0.396 e. The fraction of sp³-hybridized carbons (Fsp3) is 0.400. The van der Waals surface area contributed by atoms with Crippen molar-refractivity contribution in [1.82, 2.24) is 0 Å². The van der Waals surface area contributed by atoms with Crippen molar-refractivity contribution in [2.75, 3.05) is 6.61 Å². The van der Waals surface area contributed by atoms with Crippen LogP contribution in [0.3, 0.4) is 0 Å². The molecule has 14 heavy (non-hydrogen) atoms. The van der Waals surface area contributed by atoms with E-state index in [1.165, 1.54) is 12.1 Å². The molecule has 0 spiro atoms. The van der Waals surface area contributed by atoms with E-state index >= 15 is 0 Å². The zero-order valence-corrected chi connectivity index (χ0v) is 8.23. The normalized spacial score (nSPS) is 12.5. The first-order chi connectivity index (χ1) is 6.56. The molecule has 0 bridgehead atoms. The second-order valence-electron chi connectivity index (χ2n) is 3.38. The van der Waals surface area contributed by atoms with Crippen LogP contribution in [0, 0.1) is 17.0 Å². The summed E-state index contributed by atoms with van der Waals surface area (Å²) < 4.78 is 0. The van der Waals surface area contributed by atoms with Gasteiger partial charge in [-0.1, -0.05) is 13.0 Å². The van der Waals surface area contributed by atoms with Crippen LogP contribution in [0.1, 0.15) is 24.0 Å². The molecule has 0 radical (unpaired) electrons. The average molecular weight is 195 g/mol. The van der Waals surface area contributed by atoms with Gasteiger partial charge in [-0.3, -0.25) is 10.1 Å². The fourth-order valence-electron chi connectivity index (χ4n) is 1.37. The van der Waals surface area contributed by atoms with Gasteiger partial charge in [-0.15, -0.1) is 0 Å². The fourth-order valence-corrected chi connectivity index (χ4v) is 1.37. The van der Waals surface area contributed by atoms with E-state index in [-0.39, 0.29) is 18.2 Å². The predicted molar refractivity (Wildman–Crippen MR) is 53.3 cm³/mol. The minimum atomic E-state index is -0.424. The van der Waals surface area contributed by atoms with Gasteiger partial charge < -0.3 is 5.11 Å². The number of rotatable bonds is 3. The third-order valence-electron chi connectivity index (χ3n) is 2.28. The average Bonchev–Trinajstić information content (AvgIpc) is 2.17. The molecule has 0 saturated heterocycles. The summed E-state index contributed by atoms with van der Waals surface area (Å²) in [5.74, 6) is -0.0603. The van der Waals surface area contributed by atoms with Gasteiger partial charge in [0.15, 0.2) is 0 Å². The maximum absolute atomic E-state index is 10.5. The zero-order chi connectivity index (χ0) is 10.7. The highest BCUT2D eigenvalue weighted by Crippen LogP contribution is 2.23. The van der Waals surface area contributed by atoms with Crippen molar-refractivity contribution < 1.29 is 10.0 Å². The van der Waals surface area contributed by atoms with E-state index in [0.29, 0.717) is 0 Å². The summed E-state index contributed by atoms with van der Waals surface area (Å²) in [6.45, 7) is 3.72. The van der Waals surface area contributed by atoms with Crippen molar-refractivity contribution in [2.24, 2.45) is 0 Å². The monoisotopic (exact) mass is 195 g/mol. The third-order valence-corrected chi connectivity index (χ3v) is 2.28. The molecule has 1 aromatic carbocycles. The Balaban J connectivity index is 3.14. The van der Waals surface area contributed by atoms with Gasteiger partial charge in [0, 0.05) is 24.7 Å². The molecule has 0 saturated carbocycles. The Morgan fingerprint density at radius 1 is 1.57 bits per heavy atom. The minimum Gasteiger partial charge on any atom is -0.396 e. The minimum absolute atomic E-state index is 0.00199. The van der Waals surface area contributed by atoms with E-state index in [2.05, 4.69) is 0 Å². The highest BCUT2D eigenvalue weighted by Gasteiger charge is 2.12. The van der Waals surface area contributed by atoms with Crippen molar-refractivity contribution in [1.29, 1.82) is 0 Å². The van der Waals surface area contributed by atoms with E-state index in [0.717, 1.165) is 11.1 Å². The lowest BCUT2D eigenvalue weighted by molar-refractivity contribution is -0.384. The second kappa shape index (κ2) is 4.19. The molecule has 0 aliphatic rings. The van der Waals surface area contributed by atoms with Crippen molar-refractivity contribution in [3.8, 4) is 0 Å². The van der Waals surface area contributed by atoms with E-state index in [1.54, 1.807) is 6.07 Å². The highest BCUT2D eigenvalue weighted by atomic mass is 16.6. The SMILES string of the molecule is Cc1ccc([N+](=O)[O-])cc1C(C)CO. The molecule has 1 N–H and O–H groups in total. The summed E-state index contributed by atoms with van der Waals surface area (Å²) in [6, 6.07) is 4.71. The first kappa shape index (κ1) is 10.7. The first-order valence-corrected chi connectivity index (χ1v) is 4.42. The molecule has 4 heteroatoms. The number of aliphatic hydroxyl groups is 1. The van der Waals surface area contributed by atoms with Crippen LogP contribution in [0.25, 0.3) is 0 Å². The van der Waals surface area contributed by atoms with Crippen LogP contribution >= 0.6 is 0 Å². The van der Waals surface area contributed by atoms with Gasteiger partial charge in [0.2, 0.25) is 0 Å². The van der Waals surface area contributed by atoms with Gasteiger partial charge in [-0.2, -0.15) is 0 Å². The maximum Gasteiger partial charge on any atom is 0.269 e. The van der Waals surface area contributed by atoms with Gasteiger partial charge in [0.05, 0.1) is 4.92 Å². The third kappa shape index (κ3) is 2.09. The Labute approximate surface area is 82.3 Å². The van der Waals surface area contributed by atoms with Gasteiger partial charge in [-0.25, -0.2) is 0 Å².